The van der Waals surface area contributed by atoms with Gasteiger partial charge in [-0.2, -0.15) is 4.31 Å². The van der Waals surface area contributed by atoms with Crippen LogP contribution in [0.3, 0.4) is 0 Å². The van der Waals surface area contributed by atoms with Crippen molar-refractivity contribution >= 4 is 27.5 Å². The van der Waals surface area contributed by atoms with E-state index in [1.807, 2.05) is 0 Å². The summed E-state index contributed by atoms with van der Waals surface area (Å²) >= 11 is 0. The number of nitro groups is 1. The van der Waals surface area contributed by atoms with Crippen LogP contribution in [0, 0.1) is 21.7 Å². The van der Waals surface area contributed by atoms with Gasteiger partial charge in [0, 0.05) is 49.9 Å². The summed E-state index contributed by atoms with van der Waals surface area (Å²) in [4.78, 5) is 36.0. The van der Waals surface area contributed by atoms with Gasteiger partial charge >= 0.3 is 0 Å². The second kappa shape index (κ2) is 9.58. The minimum absolute atomic E-state index is 0.00209. The molecular weight excluding hydrogens is 462 g/mol. The largest absolute Gasteiger partial charge is 0.341 e. The Kier molecular flexibility index (Phi) is 7.03. The minimum atomic E-state index is -4.22. The summed E-state index contributed by atoms with van der Waals surface area (Å²) in [5, 5.41) is 13.3. The van der Waals surface area contributed by atoms with Crippen LogP contribution in [0.4, 0.5) is 14.5 Å². The van der Waals surface area contributed by atoms with Gasteiger partial charge in [-0.15, -0.1) is 0 Å². The lowest BCUT2D eigenvalue weighted by atomic mass is 10.1. The number of benzene rings is 2. The SMILES string of the molecule is C[C@H](NC(=O)c1cccc([N+](=O)[O-])c1)C(=O)N1CCN(S(=O)(=O)c2ccc(F)cc2F)CC1. The van der Waals surface area contributed by atoms with Crippen molar-refractivity contribution in [3.8, 4) is 0 Å². The lowest BCUT2D eigenvalue weighted by Crippen LogP contribution is -2.55. The Morgan fingerprint density at radius 1 is 1.09 bits per heavy atom. The molecule has 1 saturated heterocycles. The van der Waals surface area contributed by atoms with Crippen LogP contribution in [0.15, 0.2) is 47.4 Å². The Balaban J connectivity index is 1.61. The van der Waals surface area contributed by atoms with Crippen LogP contribution in [0.1, 0.15) is 17.3 Å². The molecule has 3 rings (SSSR count). The smallest absolute Gasteiger partial charge is 0.270 e. The zero-order valence-electron chi connectivity index (χ0n) is 17.4. The van der Waals surface area contributed by atoms with E-state index in [-0.39, 0.29) is 37.4 Å². The van der Waals surface area contributed by atoms with Gasteiger partial charge in [0.05, 0.1) is 4.92 Å². The standard InChI is InChI=1S/C20H20F2N4O6S/c1-13(23-19(27)14-3-2-4-16(11-14)26(29)30)20(28)24-7-9-25(10-8-24)33(31,32)18-6-5-15(21)12-17(18)22/h2-6,11-13H,7-10H2,1H3,(H,23,27)/t13-/m0/s1. The number of carbonyl (C=O) groups excluding carboxylic acids is 2. The fraction of sp³-hybridized carbons (Fsp3) is 0.300. The number of nitrogens with one attached hydrogen (secondary N) is 1. The number of halogens is 2. The molecular formula is C20H20F2N4O6S. The molecule has 1 N–H and O–H groups in total. The van der Waals surface area contributed by atoms with Crippen molar-refractivity contribution in [2.24, 2.45) is 0 Å². The Morgan fingerprint density at radius 2 is 1.76 bits per heavy atom. The maximum absolute atomic E-state index is 14.0. The second-order valence-electron chi connectivity index (χ2n) is 7.31. The van der Waals surface area contributed by atoms with Gasteiger partial charge in [0.15, 0.2) is 0 Å². The average molecular weight is 482 g/mol. The molecule has 2 aromatic carbocycles. The van der Waals surface area contributed by atoms with Crippen LogP contribution in [0.25, 0.3) is 0 Å². The highest BCUT2D eigenvalue weighted by molar-refractivity contribution is 7.89. The van der Waals surface area contributed by atoms with E-state index in [0.717, 1.165) is 22.5 Å². The van der Waals surface area contributed by atoms with Crippen molar-refractivity contribution in [1.29, 1.82) is 0 Å². The second-order valence-corrected chi connectivity index (χ2v) is 9.21. The van der Waals surface area contributed by atoms with Crippen LogP contribution >= 0.6 is 0 Å². The molecule has 1 fully saturated rings. The molecule has 0 unspecified atom stereocenters. The molecule has 0 spiro atoms. The lowest BCUT2D eigenvalue weighted by molar-refractivity contribution is -0.384. The van der Waals surface area contributed by atoms with E-state index in [4.69, 9.17) is 0 Å². The third kappa shape index (κ3) is 5.31. The van der Waals surface area contributed by atoms with Crippen molar-refractivity contribution in [2.75, 3.05) is 26.2 Å². The van der Waals surface area contributed by atoms with Gasteiger partial charge < -0.3 is 10.2 Å². The van der Waals surface area contributed by atoms with Crippen molar-refractivity contribution in [3.63, 3.8) is 0 Å². The van der Waals surface area contributed by atoms with Crippen molar-refractivity contribution in [2.45, 2.75) is 17.9 Å². The number of nitro benzene ring substituents is 1. The summed E-state index contributed by atoms with van der Waals surface area (Å²) < 4.78 is 53.4. The molecule has 2 aromatic rings. The van der Waals surface area contributed by atoms with Crippen LogP contribution in [-0.2, 0) is 14.8 Å². The number of non-ortho nitro benzene ring substituents is 1. The van der Waals surface area contributed by atoms with Crippen LogP contribution < -0.4 is 5.32 Å². The summed E-state index contributed by atoms with van der Waals surface area (Å²) in [5.41, 5.74) is -0.252. The first kappa shape index (κ1) is 24.2. The zero-order valence-corrected chi connectivity index (χ0v) is 18.2. The molecule has 1 aliphatic heterocycles. The topological polar surface area (TPSA) is 130 Å². The summed E-state index contributed by atoms with van der Waals surface area (Å²) in [6, 6.07) is 6.25. The first-order chi connectivity index (χ1) is 15.5. The summed E-state index contributed by atoms with van der Waals surface area (Å²) in [7, 11) is -4.22. The number of hydrogen-bond donors (Lipinski definition) is 1. The third-order valence-corrected chi connectivity index (χ3v) is 7.03. The fourth-order valence-electron chi connectivity index (χ4n) is 3.35. The Morgan fingerprint density at radius 3 is 2.36 bits per heavy atom. The van der Waals surface area contributed by atoms with Gasteiger partial charge in [-0.1, -0.05) is 6.07 Å². The fourth-order valence-corrected chi connectivity index (χ4v) is 4.82. The monoisotopic (exact) mass is 482 g/mol. The molecule has 0 bridgehead atoms. The van der Waals surface area contributed by atoms with E-state index in [2.05, 4.69) is 5.32 Å². The first-order valence-corrected chi connectivity index (χ1v) is 11.2. The number of nitrogens with zero attached hydrogens (tertiary/aromatic N) is 3. The molecule has 13 heteroatoms. The normalized spacial score (nSPS) is 15.7. The average Bonchev–Trinajstić information content (AvgIpc) is 2.78. The predicted molar refractivity (Wildman–Crippen MR) is 112 cm³/mol. The molecule has 10 nitrogen and oxygen atoms in total. The van der Waals surface area contributed by atoms with E-state index in [0.29, 0.717) is 6.07 Å². The van der Waals surface area contributed by atoms with E-state index in [1.165, 1.54) is 30.0 Å². The number of hydrogen-bond acceptors (Lipinski definition) is 6. The van der Waals surface area contributed by atoms with Crippen LogP contribution in [0.5, 0.6) is 0 Å². The first-order valence-electron chi connectivity index (χ1n) is 9.80. The van der Waals surface area contributed by atoms with E-state index < -0.39 is 49.3 Å². The van der Waals surface area contributed by atoms with Gasteiger partial charge in [-0.05, 0) is 25.1 Å². The molecule has 0 aromatic heterocycles. The molecule has 0 saturated carbocycles. The quantitative estimate of drug-likeness (QED) is 0.491. The maximum atomic E-state index is 14.0. The molecule has 0 aliphatic carbocycles. The van der Waals surface area contributed by atoms with Gasteiger partial charge in [0.25, 0.3) is 11.6 Å². The molecule has 1 aliphatic rings. The Hall–Kier alpha value is -3.45. The number of piperazine rings is 1. The molecule has 1 atom stereocenters. The zero-order chi connectivity index (χ0) is 24.3. The van der Waals surface area contributed by atoms with Crippen molar-refractivity contribution in [1.82, 2.24) is 14.5 Å². The number of rotatable bonds is 6. The highest BCUT2D eigenvalue weighted by Gasteiger charge is 2.33. The number of carbonyl (C=O) groups is 2. The minimum Gasteiger partial charge on any atom is -0.341 e. The Labute approximate surface area is 188 Å². The van der Waals surface area contributed by atoms with Crippen molar-refractivity contribution < 1.29 is 31.7 Å². The highest BCUT2D eigenvalue weighted by Crippen LogP contribution is 2.21. The molecule has 33 heavy (non-hydrogen) atoms. The van der Waals surface area contributed by atoms with Gasteiger partial charge in [-0.3, -0.25) is 19.7 Å². The van der Waals surface area contributed by atoms with E-state index in [9.17, 15) is 36.9 Å². The predicted octanol–water partition coefficient (Wildman–Crippen LogP) is 1.52. The third-order valence-electron chi connectivity index (χ3n) is 5.10. The number of sulfonamides is 1. The van der Waals surface area contributed by atoms with Gasteiger partial charge in [-0.25, -0.2) is 17.2 Å². The van der Waals surface area contributed by atoms with E-state index in [1.54, 1.807) is 0 Å². The molecule has 0 radical (unpaired) electrons. The molecule has 1 heterocycles. The maximum Gasteiger partial charge on any atom is 0.270 e. The van der Waals surface area contributed by atoms with Crippen molar-refractivity contribution in [3.05, 3.63) is 69.8 Å². The van der Waals surface area contributed by atoms with E-state index >= 15 is 0 Å². The van der Waals surface area contributed by atoms with Gasteiger partial charge in [0.2, 0.25) is 15.9 Å². The molecule has 176 valence electrons. The lowest BCUT2D eigenvalue weighted by Gasteiger charge is -2.35. The van der Waals surface area contributed by atoms with Crippen LogP contribution in [0.2, 0.25) is 0 Å². The summed E-state index contributed by atoms with van der Waals surface area (Å²) in [5.74, 6) is -3.25. The summed E-state index contributed by atoms with van der Waals surface area (Å²) in [6.07, 6.45) is 0. The van der Waals surface area contributed by atoms with Crippen LogP contribution in [-0.4, -0.2) is 66.6 Å². The number of amides is 2. The Bertz CT molecular complexity index is 1200. The van der Waals surface area contributed by atoms with Gasteiger partial charge in [0.1, 0.15) is 22.6 Å². The highest BCUT2D eigenvalue weighted by atomic mass is 32.2. The molecule has 2 amide bonds. The summed E-state index contributed by atoms with van der Waals surface area (Å²) in [6.45, 7) is 1.21.